The molecule has 1 atom stereocenters. The van der Waals surface area contributed by atoms with Crippen LogP contribution in [0.3, 0.4) is 0 Å². The largest absolute Gasteiger partial charge is 0.335 e. The third-order valence-electron chi connectivity index (χ3n) is 3.06. The van der Waals surface area contributed by atoms with Crippen LogP contribution in [0.25, 0.3) is 0 Å². The zero-order valence-electron chi connectivity index (χ0n) is 8.52. The highest BCUT2D eigenvalue weighted by molar-refractivity contribution is 7.10. The first-order chi connectivity index (χ1) is 7.45. The summed E-state index contributed by atoms with van der Waals surface area (Å²) in [5.74, 6) is 0. The minimum absolute atomic E-state index is 0.537. The van der Waals surface area contributed by atoms with Gasteiger partial charge in [-0.05, 0) is 17.0 Å². The van der Waals surface area contributed by atoms with Gasteiger partial charge in [0.05, 0.1) is 11.4 Å². The molecular weight excluding hydrogens is 202 g/mol. The van der Waals surface area contributed by atoms with Crippen LogP contribution < -0.4 is 5.32 Å². The van der Waals surface area contributed by atoms with Crippen molar-refractivity contribution in [1.82, 2.24) is 0 Å². The Kier molecular flexibility index (Phi) is 2.31. The fourth-order valence-electron chi connectivity index (χ4n) is 2.34. The molecule has 15 heavy (non-hydrogen) atoms. The van der Waals surface area contributed by atoms with E-state index in [0.717, 1.165) is 0 Å². The Labute approximate surface area is 93.8 Å². The summed E-state index contributed by atoms with van der Waals surface area (Å²) in [7, 11) is 0. The van der Waals surface area contributed by atoms with Crippen LogP contribution in [0.15, 0.2) is 41.8 Å². The molecular formula is C13H14NS+. The molecule has 0 amide bonds. The molecule has 1 aliphatic heterocycles. The van der Waals surface area contributed by atoms with Crippen molar-refractivity contribution < 1.29 is 5.32 Å². The Morgan fingerprint density at radius 1 is 1.13 bits per heavy atom. The molecule has 0 saturated carbocycles. The summed E-state index contributed by atoms with van der Waals surface area (Å²) in [6.07, 6.45) is 1.21. The normalized spacial score (nSPS) is 19.9. The Morgan fingerprint density at radius 2 is 2.07 bits per heavy atom. The average molecular weight is 216 g/mol. The second-order valence-electron chi connectivity index (χ2n) is 3.97. The fraction of sp³-hybridized carbons (Fsp3) is 0.231. The lowest BCUT2D eigenvalue weighted by Crippen LogP contribution is -2.87. The van der Waals surface area contributed by atoms with E-state index in [9.17, 15) is 0 Å². The Morgan fingerprint density at radius 3 is 2.93 bits per heavy atom. The van der Waals surface area contributed by atoms with Crippen LogP contribution in [0, 0.1) is 0 Å². The lowest BCUT2D eigenvalue weighted by Gasteiger charge is -2.22. The van der Waals surface area contributed by atoms with Crippen LogP contribution >= 0.6 is 11.3 Å². The van der Waals surface area contributed by atoms with Gasteiger partial charge in [0.15, 0.2) is 0 Å². The van der Waals surface area contributed by atoms with Crippen LogP contribution in [0.1, 0.15) is 22.0 Å². The number of hydrogen-bond donors (Lipinski definition) is 1. The van der Waals surface area contributed by atoms with Crippen LogP contribution in [0.2, 0.25) is 0 Å². The third-order valence-corrected chi connectivity index (χ3v) is 4.01. The summed E-state index contributed by atoms with van der Waals surface area (Å²) in [6.45, 7) is 1.21. The van der Waals surface area contributed by atoms with Gasteiger partial charge in [0.2, 0.25) is 0 Å². The molecule has 3 rings (SSSR count). The molecule has 76 valence electrons. The second kappa shape index (κ2) is 3.80. The Hall–Kier alpha value is -1.12. The van der Waals surface area contributed by atoms with Gasteiger partial charge in [0.25, 0.3) is 0 Å². The van der Waals surface area contributed by atoms with Gasteiger partial charge >= 0.3 is 0 Å². The van der Waals surface area contributed by atoms with Crippen molar-refractivity contribution in [1.29, 1.82) is 0 Å². The quantitative estimate of drug-likeness (QED) is 0.750. The molecule has 0 radical (unpaired) electrons. The van der Waals surface area contributed by atoms with E-state index in [2.05, 4.69) is 47.1 Å². The maximum Gasteiger partial charge on any atom is 0.147 e. The maximum absolute atomic E-state index is 2.45. The first-order valence-electron chi connectivity index (χ1n) is 5.40. The van der Waals surface area contributed by atoms with Crippen molar-refractivity contribution in [2.75, 3.05) is 6.54 Å². The van der Waals surface area contributed by atoms with Gasteiger partial charge in [-0.3, -0.25) is 0 Å². The predicted octanol–water partition coefficient (Wildman–Crippen LogP) is 1.96. The summed E-state index contributed by atoms with van der Waals surface area (Å²) in [6, 6.07) is 13.8. The molecule has 2 heterocycles. The van der Waals surface area contributed by atoms with Crippen LogP contribution in [-0.2, 0) is 6.42 Å². The Balaban J connectivity index is 2.06. The Bertz CT molecular complexity index is 447. The first-order valence-corrected chi connectivity index (χ1v) is 6.27. The lowest BCUT2D eigenvalue weighted by atomic mass is 9.93. The SMILES string of the molecule is c1csc([C@@H]2[NH2+]CCc3ccccc32)c1. The van der Waals surface area contributed by atoms with E-state index in [4.69, 9.17) is 0 Å². The molecule has 1 aromatic carbocycles. The summed E-state index contributed by atoms with van der Waals surface area (Å²) in [4.78, 5) is 1.47. The second-order valence-corrected chi connectivity index (χ2v) is 4.95. The summed E-state index contributed by atoms with van der Waals surface area (Å²) in [5.41, 5.74) is 3.03. The van der Waals surface area contributed by atoms with E-state index in [1.165, 1.54) is 29.0 Å². The molecule has 0 unspecified atom stereocenters. The van der Waals surface area contributed by atoms with Crippen molar-refractivity contribution >= 4 is 11.3 Å². The van der Waals surface area contributed by atoms with Gasteiger partial charge < -0.3 is 5.32 Å². The van der Waals surface area contributed by atoms with E-state index in [-0.39, 0.29) is 0 Å². The molecule has 2 aromatic rings. The van der Waals surface area contributed by atoms with Gasteiger partial charge in [-0.25, -0.2) is 0 Å². The van der Waals surface area contributed by atoms with E-state index in [1.807, 2.05) is 11.3 Å². The molecule has 0 saturated heterocycles. The molecule has 0 spiro atoms. The lowest BCUT2D eigenvalue weighted by molar-refractivity contribution is -0.689. The zero-order chi connectivity index (χ0) is 10.1. The van der Waals surface area contributed by atoms with Crippen molar-refractivity contribution in [3.05, 3.63) is 57.8 Å². The van der Waals surface area contributed by atoms with Gasteiger partial charge in [0, 0.05) is 12.0 Å². The number of thiophene rings is 1. The molecule has 1 aliphatic rings. The highest BCUT2D eigenvalue weighted by Crippen LogP contribution is 2.27. The van der Waals surface area contributed by atoms with Gasteiger partial charge in [-0.1, -0.05) is 30.3 Å². The molecule has 0 aliphatic carbocycles. The van der Waals surface area contributed by atoms with Gasteiger partial charge in [0.1, 0.15) is 6.04 Å². The number of benzene rings is 1. The van der Waals surface area contributed by atoms with E-state index in [1.54, 1.807) is 0 Å². The predicted molar refractivity (Wildman–Crippen MR) is 63.1 cm³/mol. The summed E-state index contributed by atoms with van der Waals surface area (Å²) < 4.78 is 0. The fourth-order valence-corrected chi connectivity index (χ4v) is 3.18. The van der Waals surface area contributed by atoms with Crippen molar-refractivity contribution in [3.63, 3.8) is 0 Å². The van der Waals surface area contributed by atoms with Gasteiger partial charge in [-0.2, -0.15) is 0 Å². The number of quaternary nitrogens is 1. The highest BCUT2D eigenvalue weighted by atomic mass is 32.1. The zero-order valence-corrected chi connectivity index (χ0v) is 9.34. The molecule has 2 heteroatoms. The number of nitrogens with two attached hydrogens (primary N) is 1. The molecule has 0 fully saturated rings. The monoisotopic (exact) mass is 216 g/mol. The van der Waals surface area contributed by atoms with E-state index < -0.39 is 0 Å². The van der Waals surface area contributed by atoms with Crippen LogP contribution in [0.5, 0.6) is 0 Å². The van der Waals surface area contributed by atoms with Crippen LogP contribution in [-0.4, -0.2) is 6.54 Å². The average Bonchev–Trinajstić information content (AvgIpc) is 2.82. The first kappa shape index (κ1) is 9.13. The van der Waals surface area contributed by atoms with E-state index in [0.29, 0.717) is 6.04 Å². The molecule has 1 nitrogen and oxygen atoms in total. The number of fused-ring (bicyclic) bond motifs is 1. The smallest absolute Gasteiger partial charge is 0.147 e. The van der Waals surface area contributed by atoms with Gasteiger partial charge in [-0.15, -0.1) is 11.3 Å². The third kappa shape index (κ3) is 1.60. The minimum atomic E-state index is 0.537. The van der Waals surface area contributed by atoms with E-state index >= 15 is 0 Å². The molecule has 0 bridgehead atoms. The number of rotatable bonds is 1. The maximum atomic E-state index is 2.45. The molecule has 1 aromatic heterocycles. The topological polar surface area (TPSA) is 16.6 Å². The minimum Gasteiger partial charge on any atom is -0.335 e. The summed E-state index contributed by atoms with van der Waals surface area (Å²) in [5, 5.41) is 4.62. The van der Waals surface area contributed by atoms with Crippen molar-refractivity contribution in [2.24, 2.45) is 0 Å². The van der Waals surface area contributed by atoms with Crippen molar-refractivity contribution in [2.45, 2.75) is 12.5 Å². The highest BCUT2D eigenvalue weighted by Gasteiger charge is 2.24. The van der Waals surface area contributed by atoms with Crippen LogP contribution in [0.4, 0.5) is 0 Å². The number of hydrogen-bond acceptors (Lipinski definition) is 1. The summed E-state index contributed by atoms with van der Waals surface area (Å²) >= 11 is 1.86. The standard InChI is InChI=1S/C13H13NS/c1-2-5-11-10(4-1)7-8-14-13(11)12-6-3-9-15-12/h1-6,9,13-14H,7-8H2/p+1/t13-/m1/s1. The van der Waals surface area contributed by atoms with Crippen molar-refractivity contribution in [3.8, 4) is 0 Å². The molecule has 2 N–H and O–H groups in total.